The van der Waals surface area contributed by atoms with Crippen LogP contribution in [0.15, 0.2) is 30.3 Å². The minimum atomic E-state index is -1.35. The van der Waals surface area contributed by atoms with Gasteiger partial charge in [-0.3, -0.25) is 14.4 Å². The van der Waals surface area contributed by atoms with E-state index in [9.17, 15) is 29.4 Å². The van der Waals surface area contributed by atoms with Crippen molar-refractivity contribution >= 4 is 47.2 Å². The van der Waals surface area contributed by atoms with E-state index in [-0.39, 0.29) is 19.3 Å². The fraction of sp³-hybridized carbons (Fsp3) is 0.565. The molecule has 35 heavy (non-hydrogen) atoms. The van der Waals surface area contributed by atoms with Crippen molar-refractivity contribution in [2.24, 2.45) is 5.73 Å². The number of nitrogens with two attached hydrogens (primary N) is 1. The first-order valence-electron chi connectivity index (χ1n) is 11.2. The minimum absolute atomic E-state index is 0.233. The largest absolute Gasteiger partial charge is 0.480 e. The van der Waals surface area contributed by atoms with Gasteiger partial charge in [-0.1, -0.05) is 30.3 Å². The first-order chi connectivity index (χ1) is 16.6. The number of carbonyl (C=O) groups excluding carboxylic acids is 3. The standard InChI is InChI=1S/C23H36N4O6S2/c1-14(28)19(27-20(29)16(24)13-15-7-5-4-6-8-15)22(31)25-17(9-11-34-2)21(30)26-18(23(32)33)10-12-35-3/h4-8,14,16-19,28H,9-13,24H2,1-3H3,(H,25,31)(H,26,30)(H,27,29)(H,32,33). The van der Waals surface area contributed by atoms with Crippen LogP contribution in [0.5, 0.6) is 0 Å². The Bertz CT molecular complexity index is 827. The zero-order valence-electron chi connectivity index (χ0n) is 20.2. The molecule has 0 aromatic heterocycles. The smallest absolute Gasteiger partial charge is 0.326 e. The molecule has 0 aliphatic heterocycles. The van der Waals surface area contributed by atoms with Crippen LogP contribution in [0, 0.1) is 0 Å². The maximum atomic E-state index is 12.9. The monoisotopic (exact) mass is 528 g/mol. The number of nitrogens with one attached hydrogen (secondary N) is 3. The van der Waals surface area contributed by atoms with Crippen molar-refractivity contribution in [3.8, 4) is 0 Å². The van der Waals surface area contributed by atoms with E-state index in [0.717, 1.165) is 5.56 Å². The SMILES string of the molecule is CSCCC(NC(=O)C(CCSC)NC(=O)C(NC(=O)C(N)Cc1ccccc1)C(C)O)C(=O)O. The lowest BCUT2D eigenvalue weighted by molar-refractivity contribution is -0.142. The van der Waals surface area contributed by atoms with Crippen LogP contribution in [0.2, 0.25) is 0 Å². The van der Waals surface area contributed by atoms with Crippen molar-refractivity contribution in [2.45, 2.75) is 56.5 Å². The van der Waals surface area contributed by atoms with Gasteiger partial charge in [0.1, 0.15) is 18.1 Å². The molecule has 0 saturated carbocycles. The van der Waals surface area contributed by atoms with Gasteiger partial charge < -0.3 is 31.9 Å². The fourth-order valence-corrected chi connectivity index (χ4v) is 4.10. The van der Waals surface area contributed by atoms with Crippen molar-refractivity contribution < 1.29 is 29.4 Å². The Labute approximate surface area is 214 Å². The summed E-state index contributed by atoms with van der Waals surface area (Å²) >= 11 is 2.91. The highest BCUT2D eigenvalue weighted by atomic mass is 32.2. The van der Waals surface area contributed by atoms with Crippen LogP contribution in [-0.2, 0) is 25.6 Å². The van der Waals surface area contributed by atoms with Gasteiger partial charge in [-0.25, -0.2) is 4.79 Å². The fourth-order valence-electron chi connectivity index (χ4n) is 3.16. The molecule has 12 heteroatoms. The second kappa shape index (κ2) is 16.4. The molecular weight excluding hydrogens is 492 g/mol. The number of carboxylic acid groups (broad SMARTS) is 1. The predicted molar refractivity (Wildman–Crippen MR) is 139 cm³/mol. The molecule has 5 unspecified atom stereocenters. The molecule has 0 fully saturated rings. The second-order valence-electron chi connectivity index (χ2n) is 8.05. The molecule has 1 aromatic rings. The third-order valence-corrected chi connectivity index (χ3v) is 6.45. The average Bonchev–Trinajstić information content (AvgIpc) is 2.82. The number of amides is 3. The molecule has 0 saturated heterocycles. The highest BCUT2D eigenvalue weighted by Crippen LogP contribution is 2.07. The summed E-state index contributed by atoms with van der Waals surface area (Å²) in [5.41, 5.74) is 6.83. The maximum Gasteiger partial charge on any atom is 0.326 e. The van der Waals surface area contributed by atoms with Gasteiger partial charge in [0.25, 0.3) is 0 Å². The van der Waals surface area contributed by atoms with Crippen molar-refractivity contribution in [1.82, 2.24) is 16.0 Å². The van der Waals surface area contributed by atoms with Crippen LogP contribution in [-0.4, -0.2) is 88.2 Å². The predicted octanol–water partition coefficient (Wildman–Crippen LogP) is -0.0176. The van der Waals surface area contributed by atoms with E-state index in [1.54, 1.807) is 0 Å². The summed E-state index contributed by atoms with van der Waals surface area (Å²) < 4.78 is 0. The summed E-state index contributed by atoms with van der Waals surface area (Å²) in [4.78, 5) is 49.9. The number of aliphatic hydroxyl groups excluding tert-OH is 1. The number of carbonyl (C=O) groups is 4. The van der Waals surface area contributed by atoms with Crippen LogP contribution in [0.3, 0.4) is 0 Å². The lowest BCUT2D eigenvalue weighted by atomic mass is 10.0. The van der Waals surface area contributed by atoms with E-state index < -0.39 is 54.0 Å². The molecule has 5 atom stereocenters. The van der Waals surface area contributed by atoms with E-state index in [1.165, 1.54) is 30.4 Å². The zero-order chi connectivity index (χ0) is 26.4. The van der Waals surface area contributed by atoms with E-state index in [4.69, 9.17) is 5.73 Å². The first kappa shape index (κ1) is 30.8. The van der Waals surface area contributed by atoms with Gasteiger partial charge in [0, 0.05) is 0 Å². The van der Waals surface area contributed by atoms with E-state index in [1.807, 2.05) is 42.8 Å². The van der Waals surface area contributed by atoms with Gasteiger partial charge in [0.05, 0.1) is 12.1 Å². The Morgan fingerprint density at radius 1 is 0.886 bits per heavy atom. The molecule has 0 bridgehead atoms. The van der Waals surface area contributed by atoms with E-state index >= 15 is 0 Å². The van der Waals surface area contributed by atoms with Gasteiger partial charge in [-0.15, -0.1) is 0 Å². The number of benzene rings is 1. The molecule has 0 aliphatic carbocycles. The number of aliphatic hydroxyl groups is 1. The van der Waals surface area contributed by atoms with E-state index in [2.05, 4.69) is 16.0 Å². The first-order valence-corrected chi connectivity index (χ1v) is 14.0. The number of hydrogen-bond donors (Lipinski definition) is 6. The van der Waals surface area contributed by atoms with Crippen LogP contribution in [0.1, 0.15) is 25.3 Å². The molecule has 196 valence electrons. The van der Waals surface area contributed by atoms with E-state index in [0.29, 0.717) is 11.5 Å². The van der Waals surface area contributed by atoms with Crippen molar-refractivity contribution in [3.63, 3.8) is 0 Å². The number of rotatable bonds is 16. The molecule has 0 heterocycles. The lowest BCUT2D eigenvalue weighted by Gasteiger charge is -2.26. The van der Waals surface area contributed by atoms with Crippen LogP contribution in [0.4, 0.5) is 0 Å². The van der Waals surface area contributed by atoms with Crippen LogP contribution >= 0.6 is 23.5 Å². The molecule has 1 rings (SSSR count). The number of thioether (sulfide) groups is 2. The Morgan fingerprint density at radius 3 is 1.94 bits per heavy atom. The molecule has 10 nitrogen and oxygen atoms in total. The van der Waals surface area contributed by atoms with Gasteiger partial charge in [-0.2, -0.15) is 23.5 Å². The molecule has 1 aromatic carbocycles. The quantitative estimate of drug-likeness (QED) is 0.173. The minimum Gasteiger partial charge on any atom is -0.480 e. The molecule has 0 spiro atoms. The zero-order valence-corrected chi connectivity index (χ0v) is 21.9. The summed E-state index contributed by atoms with van der Waals surface area (Å²) in [6.45, 7) is 1.34. The lowest BCUT2D eigenvalue weighted by Crippen LogP contribution is -2.60. The summed E-state index contributed by atoms with van der Waals surface area (Å²) in [7, 11) is 0. The molecule has 3 amide bonds. The molecule has 0 aliphatic rings. The third kappa shape index (κ3) is 11.3. The second-order valence-corrected chi connectivity index (χ2v) is 10.0. The number of carboxylic acids is 1. The van der Waals surface area contributed by atoms with Crippen molar-refractivity contribution in [1.29, 1.82) is 0 Å². The molecule has 7 N–H and O–H groups in total. The van der Waals surface area contributed by atoms with Gasteiger partial charge in [0.2, 0.25) is 17.7 Å². The number of hydrogen-bond acceptors (Lipinski definition) is 8. The summed E-state index contributed by atoms with van der Waals surface area (Å²) in [6, 6.07) is 4.71. The third-order valence-electron chi connectivity index (χ3n) is 5.17. The Hall–Kier alpha value is -2.28. The maximum absolute atomic E-state index is 12.9. The highest BCUT2D eigenvalue weighted by Gasteiger charge is 2.32. The van der Waals surface area contributed by atoms with Gasteiger partial charge in [-0.05, 0) is 55.8 Å². The van der Waals surface area contributed by atoms with Gasteiger partial charge >= 0.3 is 5.97 Å². The van der Waals surface area contributed by atoms with Gasteiger partial charge in [0.15, 0.2) is 0 Å². The topological polar surface area (TPSA) is 171 Å². The summed E-state index contributed by atoms with van der Waals surface area (Å²) in [5, 5.41) is 27.0. The Balaban J connectivity index is 2.87. The Morgan fingerprint density at radius 2 is 1.43 bits per heavy atom. The summed E-state index contributed by atoms with van der Waals surface area (Å²) in [6.07, 6.45) is 3.12. The van der Waals surface area contributed by atoms with Crippen LogP contribution < -0.4 is 21.7 Å². The molecule has 0 radical (unpaired) electrons. The van der Waals surface area contributed by atoms with Crippen LogP contribution in [0.25, 0.3) is 0 Å². The molecular formula is C23H36N4O6S2. The number of aliphatic carboxylic acids is 1. The van der Waals surface area contributed by atoms with Crippen molar-refractivity contribution in [2.75, 3.05) is 24.0 Å². The summed E-state index contributed by atoms with van der Waals surface area (Å²) in [5.74, 6) is -2.13. The Kier molecular flexibility index (Phi) is 14.4. The highest BCUT2D eigenvalue weighted by molar-refractivity contribution is 7.98. The van der Waals surface area contributed by atoms with Crippen molar-refractivity contribution in [3.05, 3.63) is 35.9 Å². The normalized spacial score (nSPS) is 15.2. The average molecular weight is 529 g/mol.